The van der Waals surface area contributed by atoms with Gasteiger partial charge in [0.05, 0.1) is 17.9 Å². The largest absolute Gasteiger partial charge is 0.461 e. The Morgan fingerprint density at radius 2 is 2.06 bits per heavy atom. The normalized spacial score (nSPS) is 49.2. The third-order valence-electron chi connectivity index (χ3n) is 4.76. The Hall–Kier alpha value is -1.04. The molecule has 0 radical (unpaired) electrons. The van der Waals surface area contributed by atoms with Crippen molar-refractivity contribution in [2.75, 3.05) is 0 Å². The monoisotopic (exact) mass is 219 g/mol. The molecular weight excluding hydrogens is 202 g/mol. The number of fused-ring (bicyclic) bond motifs is 1. The summed E-state index contributed by atoms with van der Waals surface area (Å²) in [5.41, 5.74) is 0.120. The molecule has 3 rings (SSSR count). The molecule has 0 aromatic heterocycles. The maximum atomic E-state index is 11.8. The fourth-order valence-electron chi connectivity index (χ4n) is 4.36. The van der Waals surface area contributed by atoms with Crippen molar-refractivity contribution in [1.82, 2.24) is 0 Å². The molecule has 2 saturated carbocycles. The minimum atomic E-state index is -0.115. The van der Waals surface area contributed by atoms with Gasteiger partial charge in [-0.05, 0) is 17.8 Å². The Morgan fingerprint density at radius 1 is 1.38 bits per heavy atom. The van der Waals surface area contributed by atoms with E-state index in [1.54, 1.807) is 0 Å². The zero-order valence-electron chi connectivity index (χ0n) is 9.93. The van der Waals surface area contributed by atoms with Crippen LogP contribution in [0.1, 0.15) is 27.2 Å². The Bertz CT molecular complexity index is 390. The maximum absolute atomic E-state index is 11.8. The van der Waals surface area contributed by atoms with Crippen molar-refractivity contribution in [2.24, 2.45) is 35.0 Å². The second kappa shape index (κ2) is 2.80. The van der Waals surface area contributed by atoms with Crippen LogP contribution in [0.25, 0.3) is 0 Å². The Balaban J connectivity index is 2.03. The quantitative estimate of drug-likeness (QED) is 0.585. The van der Waals surface area contributed by atoms with Gasteiger partial charge in [0.2, 0.25) is 0 Å². The molecule has 3 nitrogen and oxygen atoms in total. The lowest BCUT2D eigenvalue weighted by Crippen LogP contribution is -2.40. The summed E-state index contributed by atoms with van der Waals surface area (Å²) in [4.78, 5) is 11.8. The summed E-state index contributed by atoms with van der Waals surface area (Å²) in [6.45, 7) is 6.57. The van der Waals surface area contributed by atoms with Crippen LogP contribution in [0.3, 0.4) is 0 Å². The van der Waals surface area contributed by atoms with Crippen LogP contribution in [-0.4, -0.2) is 12.1 Å². The van der Waals surface area contributed by atoms with Gasteiger partial charge in [0.15, 0.2) is 0 Å². The molecule has 16 heavy (non-hydrogen) atoms. The Labute approximate surface area is 95.8 Å². The van der Waals surface area contributed by atoms with Crippen LogP contribution in [0.4, 0.5) is 0 Å². The highest BCUT2D eigenvalue weighted by molar-refractivity contribution is 5.77. The summed E-state index contributed by atoms with van der Waals surface area (Å²) in [5.74, 6) is 0.738. The van der Waals surface area contributed by atoms with E-state index in [1.807, 2.05) is 0 Å². The van der Waals surface area contributed by atoms with Gasteiger partial charge in [0.1, 0.15) is 6.10 Å². The lowest BCUT2D eigenvalue weighted by molar-refractivity contribution is -0.145. The first-order valence-corrected chi connectivity index (χ1v) is 6.05. The van der Waals surface area contributed by atoms with Gasteiger partial charge in [-0.15, -0.1) is 0 Å². The van der Waals surface area contributed by atoms with Crippen LogP contribution >= 0.6 is 0 Å². The second-order valence-electron chi connectivity index (χ2n) is 6.54. The Morgan fingerprint density at radius 3 is 2.62 bits per heavy atom. The number of nitrogens with zero attached hydrogens (tertiary/aromatic N) is 1. The van der Waals surface area contributed by atoms with E-state index in [0.717, 1.165) is 6.42 Å². The number of carbonyl (C=O) groups is 1. The molecule has 3 fully saturated rings. The number of ether oxygens (including phenoxy) is 1. The molecular formula is C13H17NO2. The predicted octanol–water partition coefficient (Wildman–Crippen LogP) is 1.98. The molecule has 6 atom stereocenters. The third kappa shape index (κ3) is 1.00. The molecule has 3 heteroatoms. The molecule has 0 aromatic rings. The smallest absolute Gasteiger partial charge is 0.311 e. The van der Waals surface area contributed by atoms with E-state index in [9.17, 15) is 10.1 Å². The van der Waals surface area contributed by atoms with Crippen LogP contribution in [0.5, 0.6) is 0 Å². The first kappa shape index (κ1) is 10.1. The topological polar surface area (TPSA) is 50.1 Å². The molecule has 0 N–H and O–H groups in total. The van der Waals surface area contributed by atoms with Crippen LogP contribution in [0.2, 0.25) is 0 Å². The highest BCUT2D eigenvalue weighted by Crippen LogP contribution is 2.63. The number of hydrogen-bond donors (Lipinski definition) is 0. The molecule has 0 spiro atoms. The number of rotatable bonds is 0. The van der Waals surface area contributed by atoms with E-state index in [2.05, 4.69) is 26.8 Å². The highest BCUT2D eigenvalue weighted by atomic mass is 16.6. The summed E-state index contributed by atoms with van der Waals surface area (Å²) in [7, 11) is 0. The van der Waals surface area contributed by atoms with Crippen LogP contribution in [0.15, 0.2) is 0 Å². The SMILES string of the molecule is CC(C)(C)C1C2CC3C1OC(=O)C3C2C#N. The average molecular weight is 219 g/mol. The highest BCUT2D eigenvalue weighted by Gasteiger charge is 2.68. The molecule has 1 heterocycles. The van der Waals surface area contributed by atoms with E-state index in [4.69, 9.17) is 4.74 Å². The molecule has 2 aliphatic carbocycles. The average Bonchev–Trinajstić information content (AvgIpc) is 2.73. The van der Waals surface area contributed by atoms with E-state index >= 15 is 0 Å². The predicted molar refractivity (Wildman–Crippen MR) is 57.0 cm³/mol. The minimum absolute atomic E-state index is 0.0899. The van der Waals surface area contributed by atoms with Crippen molar-refractivity contribution in [3.8, 4) is 6.07 Å². The summed E-state index contributed by atoms with van der Waals surface area (Å²) in [6, 6.07) is 2.35. The zero-order chi connectivity index (χ0) is 11.7. The van der Waals surface area contributed by atoms with E-state index in [-0.39, 0.29) is 29.3 Å². The van der Waals surface area contributed by atoms with Crippen LogP contribution < -0.4 is 0 Å². The van der Waals surface area contributed by atoms with Crippen molar-refractivity contribution in [1.29, 1.82) is 5.26 Å². The number of hydrogen-bond acceptors (Lipinski definition) is 3. The van der Waals surface area contributed by atoms with Crippen molar-refractivity contribution < 1.29 is 9.53 Å². The van der Waals surface area contributed by atoms with Crippen molar-refractivity contribution in [3.63, 3.8) is 0 Å². The Kier molecular flexibility index (Phi) is 1.77. The molecule has 1 saturated heterocycles. The van der Waals surface area contributed by atoms with Crippen molar-refractivity contribution in [2.45, 2.75) is 33.3 Å². The standard InChI is InChI=1S/C13H17NO2/c1-13(2,3)10-6-4-7-9(8(6)5-14)12(15)16-11(7)10/h6-11H,4H2,1-3H3. The first-order valence-electron chi connectivity index (χ1n) is 6.05. The van der Waals surface area contributed by atoms with Gasteiger partial charge in [-0.2, -0.15) is 5.26 Å². The van der Waals surface area contributed by atoms with Crippen molar-refractivity contribution in [3.05, 3.63) is 0 Å². The van der Waals surface area contributed by atoms with Crippen LogP contribution in [-0.2, 0) is 9.53 Å². The van der Waals surface area contributed by atoms with Gasteiger partial charge in [0.25, 0.3) is 0 Å². The molecule has 86 valence electrons. The lowest BCUT2D eigenvalue weighted by atomic mass is 9.65. The van der Waals surface area contributed by atoms with Crippen molar-refractivity contribution >= 4 is 5.97 Å². The first-order chi connectivity index (χ1) is 7.45. The van der Waals surface area contributed by atoms with Crippen LogP contribution in [0, 0.1) is 46.3 Å². The van der Waals surface area contributed by atoms with E-state index < -0.39 is 0 Å². The van der Waals surface area contributed by atoms with Gasteiger partial charge in [-0.25, -0.2) is 0 Å². The lowest BCUT2D eigenvalue weighted by Gasteiger charge is -2.38. The van der Waals surface area contributed by atoms with Gasteiger partial charge in [-0.3, -0.25) is 4.79 Å². The molecule has 6 unspecified atom stereocenters. The summed E-state index contributed by atoms with van der Waals surface area (Å²) in [5, 5.41) is 9.25. The maximum Gasteiger partial charge on any atom is 0.311 e. The number of esters is 1. The molecule has 1 aliphatic heterocycles. The van der Waals surface area contributed by atoms with Gasteiger partial charge >= 0.3 is 5.97 Å². The fraction of sp³-hybridized carbons (Fsp3) is 0.846. The zero-order valence-corrected chi connectivity index (χ0v) is 9.93. The molecule has 0 aromatic carbocycles. The fourth-order valence-corrected chi connectivity index (χ4v) is 4.36. The minimum Gasteiger partial charge on any atom is -0.461 e. The second-order valence-corrected chi connectivity index (χ2v) is 6.54. The van der Waals surface area contributed by atoms with E-state index in [1.165, 1.54) is 0 Å². The number of nitriles is 1. The summed E-state index contributed by atoms with van der Waals surface area (Å²) >= 11 is 0. The molecule has 0 amide bonds. The van der Waals surface area contributed by atoms with Gasteiger partial charge < -0.3 is 4.74 Å². The van der Waals surface area contributed by atoms with Gasteiger partial charge in [0, 0.05) is 11.8 Å². The summed E-state index contributed by atoms with van der Waals surface area (Å²) in [6.07, 6.45) is 1.11. The van der Waals surface area contributed by atoms with E-state index in [0.29, 0.717) is 17.8 Å². The van der Waals surface area contributed by atoms with Gasteiger partial charge in [-0.1, -0.05) is 20.8 Å². The molecule has 3 aliphatic rings. The summed E-state index contributed by atoms with van der Waals surface area (Å²) < 4.78 is 5.52. The molecule has 2 bridgehead atoms. The number of carbonyl (C=O) groups excluding carboxylic acids is 1. The third-order valence-corrected chi connectivity index (χ3v) is 4.76.